The molecule has 3 rings (SSSR count). The summed E-state index contributed by atoms with van der Waals surface area (Å²) in [5, 5.41) is 2.78. The van der Waals surface area contributed by atoms with Crippen molar-refractivity contribution in [3.63, 3.8) is 0 Å². The fourth-order valence-corrected chi connectivity index (χ4v) is 2.78. The summed E-state index contributed by atoms with van der Waals surface area (Å²) in [7, 11) is 0. The van der Waals surface area contributed by atoms with Gasteiger partial charge in [0, 0.05) is 35.4 Å². The van der Waals surface area contributed by atoms with Crippen molar-refractivity contribution < 1.29 is 14.4 Å². The highest BCUT2D eigenvalue weighted by molar-refractivity contribution is 9.10. The van der Waals surface area contributed by atoms with Gasteiger partial charge in [0.1, 0.15) is 0 Å². The number of likely N-dealkylation sites (tertiary alicyclic amines) is 1. The highest BCUT2D eigenvalue weighted by Crippen LogP contribution is 2.18. The topological polar surface area (TPSA) is 79.4 Å². The van der Waals surface area contributed by atoms with Crippen molar-refractivity contribution in [1.82, 2.24) is 9.88 Å². The first kappa shape index (κ1) is 16.3. The maximum atomic E-state index is 12.1. The Bertz CT molecular complexity index is 789. The van der Waals surface area contributed by atoms with Crippen molar-refractivity contribution in [2.75, 3.05) is 5.32 Å². The summed E-state index contributed by atoms with van der Waals surface area (Å²) >= 11 is 3.27. The maximum Gasteiger partial charge on any atom is 0.257 e. The van der Waals surface area contributed by atoms with Crippen LogP contribution in [0.4, 0.5) is 5.69 Å². The van der Waals surface area contributed by atoms with Gasteiger partial charge in [-0.1, -0.05) is 12.1 Å². The van der Waals surface area contributed by atoms with E-state index in [1.807, 2.05) is 0 Å². The molecule has 1 fully saturated rings. The van der Waals surface area contributed by atoms with Gasteiger partial charge in [0.2, 0.25) is 11.8 Å². The first-order valence-corrected chi connectivity index (χ1v) is 8.16. The number of nitrogens with one attached hydrogen (secondary N) is 1. The van der Waals surface area contributed by atoms with Gasteiger partial charge < -0.3 is 5.32 Å². The lowest BCUT2D eigenvalue weighted by Gasteiger charge is -2.14. The number of anilines is 1. The second-order valence-electron chi connectivity index (χ2n) is 5.42. The van der Waals surface area contributed by atoms with Crippen LogP contribution in [-0.2, 0) is 16.1 Å². The highest BCUT2D eigenvalue weighted by atomic mass is 79.9. The number of hydrogen-bond donors (Lipinski definition) is 1. The molecule has 0 radical (unpaired) electrons. The second-order valence-corrected chi connectivity index (χ2v) is 6.33. The van der Waals surface area contributed by atoms with Crippen LogP contribution in [0.1, 0.15) is 28.8 Å². The predicted molar refractivity (Wildman–Crippen MR) is 91.1 cm³/mol. The summed E-state index contributed by atoms with van der Waals surface area (Å²) in [6, 6.07) is 8.73. The summed E-state index contributed by atoms with van der Waals surface area (Å²) in [4.78, 5) is 40.6. The zero-order chi connectivity index (χ0) is 17.1. The van der Waals surface area contributed by atoms with Crippen molar-refractivity contribution in [3.05, 3.63) is 58.3 Å². The first-order chi connectivity index (χ1) is 11.5. The SMILES string of the molecule is O=C(Nc1ccc(CN2C(=O)CCC2=O)cc1)c1cncc(Br)c1. The molecule has 2 aromatic rings. The number of benzene rings is 1. The third kappa shape index (κ3) is 3.68. The highest BCUT2D eigenvalue weighted by Gasteiger charge is 2.28. The van der Waals surface area contributed by atoms with Gasteiger partial charge in [0.15, 0.2) is 0 Å². The molecule has 122 valence electrons. The predicted octanol–water partition coefficient (Wildman–Crippen LogP) is 2.75. The number of halogens is 1. The summed E-state index contributed by atoms with van der Waals surface area (Å²) in [5.74, 6) is -0.541. The quantitative estimate of drug-likeness (QED) is 0.817. The molecule has 2 heterocycles. The van der Waals surface area contributed by atoms with Gasteiger partial charge in [-0.15, -0.1) is 0 Å². The van der Waals surface area contributed by atoms with E-state index in [1.165, 1.54) is 11.1 Å². The van der Waals surface area contributed by atoms with Gasteiger partial charge >= 0.3 is 0 Å². The lowest BCUT2D eigenvalue weighted by atomic mass is 10.2. The smallest absolute Gasteiger partial charge is 0.257 e. The normalized spacial score (nSPS) is 14.1. The molecule has 6 nitrogen and oxygen atoms in total. The molecule has 7 heteroatoms. The van der Waals surface area contributed by atoms with Gasteiger partial charge in [0.25, 0.3) is 5.91 Å². The van der Waals surface area contributed by atoms with Gasteiger partial charge in [-0.2, -0.15) is 0 Å². The molecule has 24 heavy (non-hydrogen) atoms. The minimum atomic E-state index is -0.263. The lowest BCUT2D eigenvalue weighted by molar-refractivity contribution is -0.139. The Kier molecular flexibility index (Phi) is 4.71. The number of aromatic nitrogens is 1. The Morgan fingerprint density at radius 3 is 2.42 bits per heavy atom. The summed E-state index contributed by atoms with van der Waals surface area (Å²) < 4.78 is 0.727. The molecule has 1 aliphatic rings. The number of nitrogens with zero attached hydrogens (tertiary/aromatic N) is 2. The molecule has 0 atom stereocenters. The van der Waals surface area contributed by atoms with Crippen LogP contribution in [0.15, 0.2) is 47.2 Å². The zero-order valence-corrected chi connectivity index (χ0v) is 14.2. The number of rotatable bonds is 4. The van der Waals surface area contributed by atoms with Crippen LogP contribution in [0.3, 0.4) is 0 Å². The summed E-state index contributed by atoms with van der Waals surface area (Å²) in [6.07, 6.45) is 3.66. The molecule has 1 aromatic heterocycles. The fourth-order valence-electron chi connectivity index (χ4n) is 2.41. The number of hydrogen-bond acceptors (Lipinski definition) is 4. The van der Waals surface area contributed by atoms with Crippen molar-refractivity contribution >= 4 is 39.3 Å². The molecule has 0 saturated carbocycles. The monoisotopic (exact) mass is 387 g/mol. The van der Waals surface area contributed by atoms with Crippen molar-refractivity contribution in [1.29, 1.82) is 0 Å². The molecule has 1 aliphatic heterocycles. The summed E-state index contributed by atoms with van der Waals surface area (Å²) in [6.45, 7) is 0.265. The fraction of sp³-hybridized carbons (Fsp3) is 0.176. The Balaban J connectivity index is 1.65. The molecule has 0 unspecified atom stereocenters. The molecule has 3 amide bonds. The Morgan fingerprint density at radius 1 is 1.12 bits per heavy atom. The van der Waals surface area contributed by atoms with E-state index in [-0.39, 0.29) is 37.1 Å². The van der Waals surface area contributed by atoms with Crippen LogP contribution in [-0.4, -0.2) is 27.6 Å². The third-order valence-electron chi connectivity index (χ3n) is 3.67. The van der Waals surface area contributed by atoms with Crippen LogP contribution in [0.25, 0.3) is 0 Å². The molecular weight excluding hydrogens is 374 g/mol. The molecule has 1 N–H and O–H groups in total. The van der Waals surface area contributed by atoms with Gasteiger partial charge in [-0.05, 0) is 39.7 Å². The molecule has 0 aliphatic carbocycles. The van der Waals surface area contributed by atoms with E-state index >= 15 is 0 Å². The average Bonchev–Trinajstić information content (AvgIpc) is 2.88. The molecule has 1 aromatic carbocycles. The Labute approximate surface area is 147 Å². The number of carbonyl (C=O) groups is 3. The zero-order valence-electron chi connectivity index (χ0n) is 12.7. The van der Waals surface area contributed by atoms with Crippen LogP contribution >= 0.6 is 15.9 Å². The van der Waals surface area contributed by atoms with Crippen LogP contribution in [0.2, 0.25) is 0 Å². The van der Waals surface area contributed by atoms with E-state index in [0.717, 1.165) is 10.0 Å². The lowest BCUT2D eigenvalue weighted by Crippen LogP contribution is -2.28. The molecule has 1 saturated heterocycles. The Hall–Kier alpha value is -2.54. The first-order valence-electron chi connectivity index (χ1n) is 7.37. The van der Waals surface area contributed by atoms with E-state index in [2.05, 4.69) is 26.2 Å². The largest absolute Gasteiger partial charge is 0.322 e. The number of imide groups is 1. The van der Waals surface area contributed by atoms with E-state index < -0.39 is 0 Å². The Morgan fingerprint density at radius 2 is 1.79 bits per heavy atom. The van der Waals surface area contributed by atoms with Crippen LogP contribution in [0.5, 0.6) is 0 Å². The second kappa shape index (κ2) is 6.92. The van der Waals surface area contributed by atoms with Gasteiger partial charge in [-0.25, -0.2) is 0 Å². The standard InChI is InChI=1S/C17H14BrN3O3/c18-13-7-12(8-19-9-13)17(24)20-14-3-1-11(2-4-14)10-21-15(22)5-6-16(21)23/h1-4,7-9H,5-6,10H2,(H,20,24). The van der Waals surface area contributed by atoms with E-state index in [0.29, 0.717) is 11.3 Å². The minimum absolute atomic E-state index is 0.139. The van der Waals surface area contributed by atoms with Crippen LogP contribution < -0.4 is 5.32 Å². The third-order valence-corrected chi connectivity index (χ3v) is 4.11. The van der Waals surface area contributed by atoms with E-state index in [9.17, 15) is 14.4 Å². The van der Waals surface area contributed by atoms with Crippen molar-refractivity contribution in [3.8, 4) is 0 Å². The van der Waals surface area contributed by atoms with Gasteiger partial charge in [0.05, 0.1) is 12.1 Å². The molecule has 0 spiro atoms. The maximum absolute atomic E-state index is 12.1. The minimum Gasteiger partial charge on any atom is -0.322 e. The van der Waals surface area contributed by atoms with E-state index in [1.54, 1.807) is 36.5 Å². The van der Waals surface area contributed by atoms with Gasteiger partial charge in [-0.3, -0.25) is 24.3 Å². The van der Waals surface area contributed by atoms with Crippen molar-refractivity contribution in [2.45, 2.75) is 19.4 Å². The van der Waals surface area contributed by atoms with Crippen molar-refractivity contribution in [2.24, 2.45) is 0 Å². The molecule has 0 bridgehead atoms. The van der Waals surface area contributed by atoms with Crippen LogP contribution in [0, 0.1) is 0 Å². The number of pyridine rings is 1. The number of amides is 3. The molecular formula is C17H14BrN3O3. The number of carbonyl (C=O) groups excluding carboxylic acids is 3. The van der Waals surface area contributed by atoms with E-state index in [4.69, 9.17) is 0 Å². The summed E-state index contributed by atoms with van der Waals surface area (Å²) in [5.41, 5.74) is 1.91. The average molecular weight is 388 g/mol.